The van der Waals surface area contributed by atoms with Gasteiger partial charge >= 0.3 is 6.16 Å². The summed E-state index contributed by atoms with van der Waals surface area (Å²) in [7, 11) is 0.339. The zero-order chi connectivity index (χ0) is 14.7. The Morgan fingerprint density at radius 3 is 2.76 bits per heavy atom. The van der Waals surface area contributed by atoms with E-state index in [0.717, 1.165) is 0 Å². The molecule has 1 aliphatic heterocycles. The largest absolute Gasteiger partial charge is 0.513 e. The summed E-state index contributed by atoms with van der Waals surface area (Å²) in [5.41, 5.74) is 0. The molecule has 1 aliphatic rings. The van der Waals surface area contributed by atoms with E-state index in [0.29, 0.717) is 23.3 Å². The zero-order valence-corrected chi connectivity index (χ0v) is 12.9. The Hall–Kier alpha value is -1.68. The van der Waals surface area contributed by atoms with E-state index < -0.39 is 6.16 Å². The summed E-state index contributed by atoms with van der Waals surface area (Å²) in [6.07, 6.45) is 1.99. The van der Waals surface area contributed by atoms with Gasteiger partial charge in [-0.3, -0.25) is 0 Å². The van der Waals surface area contributed by atoms with Crippen LogP contribution < -0.4 is 4.74 Å². The Balaban J connectivity index is 1.94. The van der Waals surface area contributed by atoms with Crippen molar-refractivity contribution in [2.45, 2.75) is 24.7 Å². The highest BCUT2D eigenvalue weighted by molar-refractivity contribution is 7.97. The van der Waals surface area contributed by atoms with E-state index in [1.807, 2.05) is 18.2 Å². The lowest BCUT2D eigenvalue weighted by Gasteiger charge is -2.08. The van der Waals surface area contributed by atoms with Crippen LogP contribution >= 0.6 is 0 Å². The normalized spacial score (nSPS) is 15.3. The highest BCUT2D eigenvalue weighted by atomic mass is 32.2. The summed E-state index contributed by atoms with van der Waals surface area (Å²) in [4.78, 5) is 12.8. The van der Waals surface area contributed by atoms with Gasteiger partial charge in [0.15, 0.2) is 4.90 Å². The molecule has 3 nitrogen and oxygen atoms in total. The topological polar surface area (TPSA) is 35.5 Å². The number of ether oxygens (including phenoxy) is 2. The maximum Gasteiger partial charge on any atom is 0.513 e. The minimum Gasteiger partial charge on any atom is -0.434 e. The maximum absolute atomic E-state index is 11.4. The van der Waals surface area contributed by atoms with Crippen LogP contribution in [0.2, 0.25) is 0 Å². The van der Waals surface area contributed by atoms with E-state index in [2.05, 4.69) is 18.2 Å². The summed E-state index contributed by atoms with van der Waals surface area (Å²) in [6.45, 7) is 2.09. The molecule has 1 heterocycles. The molecular formula is C17H19O3S+. The van der Waals surface area contributed by atoms with Crippen LogP contribution in [0.25, 0.3) is 10.8 Å². The molecule has 2 aromatic rings. The SMILES string of the molecule is CCOC(=O)Oc1ccc2cccc([S+]3CCCC3)c2c1. The average molecular weight is 303 g/mol. The van der Waals surface area contributed by atoms with Gasteiger partial charge in [0, 0.05) is 16.3 Å². The summed E-state index contributed by atoms with van der Waals surface area (Å²) in [6, 6.07) is 12.2. The lowest BCUT2D eigenvalue weighted by Crippen LogP contribution is -2.10. The second kappa shape index (κ2) is 6.39. The van der Waals surface area contributed by atoms with Gasteiger partial charge in [-0.2, -0.15) is 0 Å². The van der Waals surface area contributed by atoms with Gasteiger partial charge in [0.25, 0.3) is 0 Å². The quantitative estimate of drug-likeness (QED) is 0.485. The van der Waals surface area contributed by atoms with Crippen LogP contribution in [-0.4, -0.2) is 24.3 Å². The van der Waals surface area contributed by atoms with Crippen LogP contribution in [0.15, 0.2) is 41.3 Å². The van der Waals surface area contributed by atoms with E-state index in [1.54, 1.807) is 6.92 Å². The number of rotatable bonds is 3. The molecule has 3 rings (SSSR count). The summed E-state index contributed by atoms with van der Waals surface area (Å²) in [5, 5.41) is 2.40. The predicted molar refractivity (Wildman–Crippen MR) is 86.2 cm³/mol. The van der Waals surface area contributed by atoms with E-state index >= 15 is 0 Å². The molecule has 0 amide bonds. The van der Waals surface area contributed by atoms with Crippen molar-refractivity contribution in [1.29, 1.82) is 0 Å². The first kappa shape index (κ1) is 14.3. The summed E-state index contributed by atoms with van der Waals surface area (Å²) >= 11 is 0. The van der Waals surface area contributed by atoms with Crippen molar-refractivity contribution in [1.82, 2.24) is 0 Å². The van der Waals surface area contributed by atoms with Crippen LogP contribution in [-0.2, 0) is 15.6 Å². The van der Waals surface area contributed by atoms with Crippen LogP contribution in [0.1, 0.15) is 19.8 Å². The molecule has 21 heavy (non-hydrogen) atoms. The van der Waals surface area contributed by atoms with Crippen molar-refractivity contribution in [2.24, 2.45) is 0 Å². The molecule has 0 aromatic heterocycles. The van der Waals surface area contributed by atoms with Gasteiger partial charge in [-0.05, 0) is 43.4 Å². The van der Waals surface area contributed by atoms with Crippen LogP contribution in [0.3, 0.4) is 0 Å². The monoisotopic (exact) mass is 303 g/mol. The van der Waals surface area contributed by atoms with Gasteiger partial charge in [0.05, 0.1) is 6.61 Å². The van der Waals surface area contributed by atoms with E-state index in [9.17, 15) is 4.79 Å². The average Bonchev–Trinajstić information content (AvgIpc) is 3.01. The van der Waals surface area contributed by atoms with Crippen LogP contribution in [0.5, 0.6) is 5.75 Å². The molecular weight excluding hydrogens is 284 g/mol. The second-order valence-electron chi connectivity index (χ2n) is 5.03. The van der Waals surface area contributed by atoms with Gasteiger partial charge in [-0.25, -0.2) is 4.79 Å². The van der Waals surface area contributed by atoms with Gasteiger partial charge in [0.2, 0.25) is 0 Å². The lowest BCUT2D eigenvalue weighted by molar-refractivity contribution is 0.104. The third kappa shape index (κ3) is 3.16. The second-order valence-corrected chi connectivity index (χ2v) is 7.27. The Morgan fingerprint density at radius 2 is 2.00 bits per heavy atom. The van der Waals surface area contributed by atoms with Crippen molar-refractivity contribution in [3.05, 3.63) is 36.4 Å². The maximum atomic E-state index is 11.4. The van der Waals surface area contributed by atoms with Gasteiger partial charge in [-0.1, -0.05) is 18.2 Å². The van der Waals surface area contributed by atoms with E-state index in [-0.39, 0.29) is 0 Å². The molecule has 1 fully saturated rings. The molecule has 0 bridgehead atoms. The van der Waals surface area contributed by atoms with Crippen molar-refractivity contribution in [3.8, 4) is 5.75 Å². The van der Waals surface area contributed by atoms with Gasteiger partial charge in [0.1, 0.15) is 17.3 Å². The van der Waals surface area contributed by atoms with Gasteiger partial charge < -0.3 is 9.47 Å². The molecule has 0 saturated carbocycles. The van der Waals surface area contributed by atoms with Crippen LogP contribution in [0.4, 0.5) is 4.79 Å². The lowest BCUT2D eigenvalue weighted by atomic mass is 10.1. The van der Waals surface area contributed by atoms with E-state index in [1.165, 1.54) is 40.0 Å². The van der Waals surface area contributed by atoms with E-state index in [4.69, 9.17) is 9.47 Å². The Labute approximate surface area is 127 Å². The number of fused-ring (bicyclic) bond motifs is 1. The Bertz CT molecular complexity index is 648. The standard InChI is InChI=1S/C17H19O3S/c1-2-19-17(18)20-14-9-8-13-6-5-7-16(15(13)12-14)21-10-3-4-11-21/h5-9,12H,2-4,10-11H2,1H3/q+1. The van der Waals surface area contributed by atoms with Crippen molar-refractivity contribution < 1.29 is 14.3 Å². The number of hydrogen-bond acceptors (Lipinski definition) is 3. The fraction of sp³-hybridized carbons (Fsp3) is 0.353. The third-order valence-corrected chi connectivity index (χ3v) is 6.16. The van der Waals surface area contributed by atoms with Crippen molar-refractivity contribution in [3.63, 3.8) is 0 Å². The molecule has 110 valence electrons. The number of carbonyl (C=O) groups is 1. The van der Waals surface area contributed by atoms with Crippen molar-refractivity contribution >= 4 is 27.8 Å². The fourth-order valence-corrected chi connectivity index (χ4v) is 5.16. The molecule has 0 atom stereocenters. The predicted octanol–water partition coefficient (Wildman–Crippen LogP) is 4.15. The molecule has 2 aromatic carbocycles. The molecule has 0 spiro atoms. The number of hydrogen-bond donors (Lipinski definition) is 0. The molecule has 0 N–H and O–H groups in total. The summed E-state index contributed by atoms with van der Waals surface area (Å²) < 4.78 is 10.1. The highest BCUT2D eigenvalue weighted by Gasteiger charge is 2.28. The first-order valence-corrected chi connectivity index (χ1v) is 8.89. The Kier molecular flexibility index (Phi) is 4.34. The third-order valence-electron chi connectivity index (χ3n) is 3.62. The fourth-order valence-electron chi connectivity index (χ4n) is 2.66. The zero-order valence-electron chi connectivity index (χ0n) is 12.1. The molecule has 1 saturated heterocycles. The molecule has 0 unspecified atom stereocenters. The molecule has 0 aliphatic carbocycles. The first-order valence-electron chi connectivity index (χ1n) is 7.33. The smallest absolute Gasteiger partial charge is 0.434 e. The molecule has 4 heteroatoms. The first-order chi connectivity index (χ1) is 10.3. The minimum atomic E-state index is -0.641. The Morgan fingerprint density at radius 1 is 1.19 bits per heavy atom. The van der Waals surface area contributed by atoms with Crippen LogP contribution in [0, 0.1) is 0 Å². The summed E-state index contributed by atoms with van der Waals surface area (Å²) in [5.74, 6) is 3.11. The number of carbonyl (C=O) groups excluding carboxylic acids is 1. The van der Waals surface area contributed by atoms with Gasteiger partial charge in [-0.15, -0.1) is 0 Å². The number of benzene rings is 2. The molecule has 0 radical (unpaired) electrons. The highest BCUT2D eigenvalue weighted by Crippen LogP contribution is 2.32. The van der Waals surface area contributed by atoms with Crippen molar-refractivity contribution in [2.75, 3.05) is 18.1 Å². The minimum absolute atomic E-state index is 0.321.